The van der Waals surface area contributed by atoms with E-state index in [1.165, 1.54) is 0 Å². The van der Waals surface area contributed by atoms with Gasteiger partial charge in [0.25, 0.3) is 0 Å². The first-order valence-corrected chi connectivity index (χ1v) is 5.91. The van der Waals surface area contributed by atoms with Crippen molar-refractivity contribution < 1.29 is 28.2 Å². The van der Waals surface area contributed by atoms with Crippen LogP contribution in [0.4, 0.5) is 13.2 Å². The number of rotatable bonds is 2. The highest BCUT2D eigenvalue weighted by atomic mass is 19.4. The van der Waals surface area contributed by atoms with Gasteiger partial charge in [0.1, 0.15) is 5.75 Å². The first kappa shape index (κ1) is 13.7. The van der Waals surface area contributed by atoms with E-state index in [9.17, 15) is 28.2 Å². The molecule has 2 N–H and O–H groups in total. The number of alkyl halides is 3. The minimum atomic E-state index is -4.55. The van der Waals surface area contributed by atoms with Gasteiger partial charge in [0.05, 0.1) is 11.0 Å². The van der Waals surface area contributed by atoms with Crippen LogP contribution in [0.5, 0.6) is 5.75 Å². The number of hydrogen-bond donors (Lipinski definition) is 2. The van der Waals surface area contributed by atoms with Crippen molar-refractivity contribution in [3.8, 4) is 5.75 Å². The molecule has 2 rings (SSSR count). The van der Waals surface area contributed by atoms with Gasteiger partial charge in [-0.3, -0.25) is 4.79 Å². The number of phenolic OH excluding ortho intramolecular Hbond substituents is 1. The molecule has 0 atom stereocenters. The van der Waals surface area contributed by atoms with Gasteiger partial charge in [-0.2, -0.15) is 13.2 Å². The lowest BCUT2D eigenvalue weighted by Gasteiger charge is -2.25. The number of phenols is 1. The van der Waals surface area contributed by atoms with Crippen LogP contribution in [0.1, 0.15) is 36.8 Å². The third-order valence-corrected chi connectivity index (χ3v) is 3.71. The van der Waals surface area contributed by atoms with Gasteiger partial charge in [-0.05, 0) is 25.0 Å². The third-order valence-electron chi connectivity index (χ3n) is 3.71. The number of carboxylic acids is 1. The maximum absolute atomic E-state index is 12.5. The number of aliphatic carboxylic acids is 1. The molecule has 1 aromatic rings. The van der Waals surface area contributed by atoms with Crippen molar-refractivity contribution in [2.75, 3.05) is 0 Å². The summed E-state index contributed by atoms with van der Waals surface area (Å²) in [5.74, 6) is -1.70. The zero-order chi connectivity index (χ0) is 14.3. The molecule has 1 aromatic carbocycles. The maximum Gasteiger partial charge on any atom is 0.416 e. The summed E-state index contributed by atoms with van der Waals surface area (Å²) >= 11 is 0. The van der Waals surface area contributed by atoms with Crippen LogP contribution in [0, 0.1) is 0 Å². The molecule has 0 saturated heterocycles. The second kappa shape index (κ2) is 4.43. The third kappa shape index (κ3) is 2.27. The Morgan fingerprint density at radius 3 is 2.21 bits per heavy atom. The smallest absolute Gasteiger partial charge is 0.416 e. The molecule has 1 saturated carbocycles. The molecule has 0 spiro atoms. The minimum Gasteiger partial charge on any atom is -0.508 e. The summed E-state index contributed by atoms with van der Waals surface area (Å²) in [5.41, 5.74) is -2.16. The molecule has 19 heavy (non-hydrogen) atoms. The lowest BCUT2D eigenvalue weighted by Crippen LogP contribution is -2.32. The van der Waals surface area contributed by atoms with Gasteiger partial charge < -0.3 is 10.2 Å². The number of carboxylic acid groups (broad SMARTS) is 1. The molecule has 3 nitrogen and oxygen atoms in total. The van der Waals surface area contributed by atoms with Crippen LogP contribution < -0.4 is 0 Å². The Labute approximate surface area is 107 Å². The topological polar surface area (TPSA) is 57.5 Å². The molecule has 6 heteroatoms. The lowest BCUT2D eigenvalue weighted by molar-refractivity contribution is -0.143. The van der Waals surface area contributed by atoms with Crippen LogP contribution in [-0.4, -0.2) is 16.2 Å². The van der Waals surface area contributed by atoms with Gasteiger partial charge in [0.15, 0.2) is 0 Å². The SMILES string of the molecule is O=C(O)C1(c2ccc(C(F)(F)F)cc2O)CCCC1. The molecule has 0 unspecified atom stereocenters. The highest BCUT2D eigenvalue weighted by Crippen LogP contribution is 2.46. The quantitative estimate of drug-likeness (QED) is 0.869. The molecule has 0 amide bonds. The van der Waals surface area contributed by atoms with Crippen molar-refractivity contribution in [2.45, 2.75) is 37.3 Å². The van der Waals surface area contributed by atoms with Gasteiger partial charge in [-0.15, -0.1) is 0 Å². The zero-order valence-corrected chi connectivity index (χ0v) is 10.00. The average molecular weight is 274 g/mol. The van der Waals surface area contributed by atoms with Crippen molar-refractivity contribution in [2.24, 2.45) is 0 Å². The Kier molecular flexibility index (Phi) is 3.20. The summed E-state index contributed by atoms with van der Waals surface area (Å²) in [5, 5.41) is 19.1. The Morgan fingerprint density at radius 1 is 1.21 bits per heavy atom. The highest BCUT2D eigenvalue weighted by Gasteiger charge is 2.45. The van der Waals surface area contributed by atoms with Gasteiger partial charge in [-0.1, -0.05) is 18.9 Å². The van der Waals surface area contributed by atoms with Gasteiger partial charge in [0, 0.05) is 5.56 Å². The number of aromatic hydroxyl groups is 1. The number of halogens is 3. The van der Waals surface area contributed by atoms with Gasteiger partial charge in [-0.25, -0.2) is 0 Å². The first-order chi connectivity index (χ1) is 8.77. The van der Waals surface area contributed by atoms with Crippen molar-refractivity contribution in [3.05, 3.63) is 29.3 Å². The van der Waals surface area contributed by atoms with Crippen LogP contribution in [0.15, 0.2) is 18.2 Å². The molecule has 0 heterocycles. The van der Waals surface area contributed by atoms with E-state index in [2.05, 4.69) is 0 Å². The van der Waals surface area contributed by atoms with Crippen molar-refractivity contribution in [1.29, 1.82) is 0 Å². The van der Waals surface area contributed by atoms with Crippen LogP contribution in [0.3, 0.4) is 0 Å². The molecule has 0 bridgehead atoms. The lowest BCUT2D eigenvalue weighted by atomic mass is 9.78. The zero-order valence-electron chi connectivity index (χ0n) is 10.00. The van der Waals surface area contributed by atoms with E-state index in [1.54, 1.807) is 0 Å². The molecule has 0 radical (unpaired) electrons. The van der Waals surface area contributed by atoms with Crippen LogP contribution in [0.2, 0.25) is 0 Å². The van der Waals surface area contributed by atoms with Crippen LogP contribution in [0.25, 0.3) is 0 Å². The summed E-state index contributed by atoms with van der Waals surface area (Å²) in [7, 11) is 0. The van der Waals surface area contributed by atoms with E-state index in [-0.39, 0.29) is 5.56 Å². The van der Waals surface area contributed by atoms with E-state index in [1.807, 2.05) is 0 Å². The molecule has 1 aliphatic carbocycles. The second-order valence-corrected chi connectivity index (χ2v) is 4.82. The summed E-state index contributed by atoms with van der Waals surface area (Å²) in [6.45, 7) is 0. The fraction of sp³-hybridized carbons (Fsp3) is 0.462. The summed E-state index contributed by atoms with van der Waals surface area (Å²) in [6, 6.07) is 2.49. The Balaban J connectivity index is 2.49. The minimum absolute atomic E-state index is 0.0745. The Morgan fingerprint density at radius 2 is 1.79 bits per heavy atom. The van der Waals surface area contributed by atoms with E-state index < -0.39 is 28.9 Å². The molecule has 0 aliphatic heterocycles. The average Bonchev–Trinajstić information content (AvgIpc) is 2.77. The Hall–Kier alpha value is -1.72. The molecule has 0 aromatic heterocycles. The van der Waals surface area contributed by atoms with Crippen molar-refractivity contribution in [3.63, 3.8) is 0 Å². The van der Waals surface area contributed by atoms with Crippen LogP contribution >= 0.6 is 0 Å². The Bertz CT molecular complexity index is 502. The van der Waals surface area contributed by atoms with E-state index in [0.29, 0.717) is 31.7 Å². The van der Waals surface area contributed by atoms with Crippen molar-refractivity contribution in [1.82, 2.24) is 0 Å². The number of benzene rings is 1. The van der Waals surface area contributed by atoms with E-state index in [4.69, 9.17) is 0 Å². The summed E-state index contributed by atoms with van der Waals surface area (Å²) in [6.07, 6.45) is -2.51. The van der Waals surface area contributed by atoms with Gasteiger partial charge >= 0.3 is 12.1 Å². The predicted molar refractivity (Wildman–Crippen MR) is 60.9 cm³/mol. The maximum atomic E-state index is 12.5. The van der Waals surface area contributed by atoms with Crippen molar-refractivity contribution >= 4 is 5.97 Å². The number of hydrogen-bond acceptors (Lipinski definition) is 2. The fourth-order valence-electron chi connectivity index (χ4n) is 2.69. The predicted octanol–water partition coefficient (Wildman–Crippen LogP) is 3.31. The van der Waals surface area contributed by atoms with Crippen LogP contribution in [-0.2, 0) is 16.4 Å². The number of carbonyl (C=O) groups is 1. The van der Waals surface area contributed by atoms with E-state index >= 15 is 0 Å². The molecule has 1 aliphatic rings. The summed E-state index contributed by atoms with van der Waals surface area (Å²) in [4.78, 5) is 11.4. The monoisotopic (exact) mass is 274 g/mol. The summed E-state index contributed by atoms with van der Waals surface area (Å²) < 4.78 is 37.5. The second-order valence-electron chi connectivity index (χ2n) is 4.82. The first-order valence-electron chi connectivity index (χ1n) is 5.91. The molecule has 104 valence electrons. The normalized spacial score (nSPS) is 18.5. The molecular formula is C13H13F3O3. The molecule has 1 fully saturated rings. The largest absolute Gasteiger partial charge is 0.508 e. The molecular weight excluding hydrogens is 261 g/mol. The standard InChI is InChI=1S/C13H13F3O3/c14-13(15,16)8-3-4-9(10(17)7-8)12(11(18)19)5-1-2-6-12/h3-4,7,17H,1-2,5-6H2,(H,18,19). The fourth-order valence-corrected chi connectivity index (χ4v) is 2.69. The van der Waals surface area contributed by atoms with E-state index in [0.717, 1.165) is 12.1 Å². The highest BCUT2D eigenvalue weighted by molar-refractivity contribution is 5.83. The van der Waals surface area contributed by atoms with Gasteiger partial charge in [0.2, 0.25) is 0 Å².